The van der Waals surface area contributed by atoms with Gasteiger partial charge in [0, 0.05) is 18.6 Å². The predicted molar refractivity (Wildman–Crippen MR) is 73.3 cm³/mol. The van der Waals surface area contributed by atoms with Gasteiger partial charge in [-0.15, -0.1) is 0 Å². The summed E-state index contributed by atoms with van der Waals surface area (Å²) in [6, 6.07) is 3.60. The minimum atomic E-state index is -0.00255. The number of benzene rings is 1. The van der Waals surface area contributed by atoms with Crippen LogP contribution in [0.3, 0.4) is 0 Å². The number of halogens is 2. The smallest absolute Gasteiger partial charge is 0.244 e. The van der Waals surface area contributed by atoms with Crippen LogP contribution in [0.4, 0.5) is 5.69 Å². The second-order valence-electron chi connectivity index (χ2n) is 4.92. The van der Waals surface area contributed by atoms with E-state index in [-0.39, 0.29) is 11.9 Å². The highest BCUT2D eigenvalue weighted by Gasteiger charge is 2.37. The molecule has 3 nitrogen and oxygen atoms in total. The van der Waals surface area contributed by atoms with E-state index >= 15 is 0 Å². The highest BCUT2D eigenvalue weighted by atomic mass is 35.5. The maximum Gasteiger partial charge on any atom is 0.244 e. The largest absolute Gasteiger partial charge is 0.312 e. The molecule has 1 atom stereocenters. The number of carbonyl (C=O) groups is 1. The van der Waals surface area contributed by atoms with Crippen molar-refractivity contribution < 1.29 is 4.79 Å². The number of hydrogen-bond donors (Lipinski definition) is 0. The molecule has 1 aromatic carbocycles. The molecule has 96 valence electrons. The van der Waals surface area contributed by atoms with Gasteiger partial charge < -0.3 is 4.90 Å². The van der Waals surface area contributed by atoms with Crippen molar-refractivity contribution in [2.75, 3.05) is 18.5 Å². The van der Waals surface area contributed by atoms with Crippen LogP contribution >= 0.6 is 23.2 Å². The molecule has 1 amide bonds. The molecule has 5 heteroatoms. The van der Waals surface area contributed by atoms with Crippen molar-refractivity contribution in [2.24, 2.45) is 0 Å². The van der Waals surface area contributed by atoms with E-state index in [2.05, 4.69) is 4.90 Å². The second kappa shape index (κ2) is 4.41. The maximum atomic E-state index is 12.4. The first-order valence-corrected chi connectivity index (χ1v) is 6.83. The first-order valence-electron chi connectivity index (χ1n) is 6.07. The van der Waals surface area contributed by atoms with E-state index in [0.29, 0.717) is 10.0 Å². The van der Waals surface area contributed by atoms with Gasteiger partial charge in [0.1, 0.15) is 0 Å². The van der Waals surface area contributed by atoms with Gasteiger partial charge >= 0.3 is 0 Å². The van der Waals surface area contributed by atoms with E-state index < -0.39 is 0 Å². The Labute approximate surface area is 116 Å². The monoisotopic (exact) mass is 284 g/mol. The fraction of sp³-hybridized carbons (Fsp3) is 0.462. The number of fused-ring (bicyclic) bond motifs is 2. The van der Waals surface area contributed by atoms with Gasteiger partial charge in [-0.25, -0.2) is 0 Å². The van der Waals surface area contributed by atoms with Crippen LogP contribution in [0.1, 0.15) is 18.4 Å². The van der Waals surface area contributed by atoms with Gasteiger partial charge in [0.15, 0.2) is 0 Å². The molecule has 1 fully saturated rings. The molecule has 1 saturated heterocycles. The van der Waals surface area contributed by atoms with E-state index in [1.54, 1.807) is 18.0 Å². The van der Waals surface area contributed by atoms with Crippen LogP contribution in [0.15, 0.2) is 12.1 Å². The van der Waals surface area contributed by atoms with Crippen molar-refractivity contribution in [1.29, 1.82) is 0 Å². The molecule has 3 rings (SSSR count). The summed E-state index contributed by atoms with van der Waals surface area (Å²) in [7, 11) is 1.79. The Kier molecular flexibility index (Phi) is 3.00. The molecule has 18 heavy (non-hydrogen) atoms. The molecule has 2 aliphatic heterocycles. The lowest BCUT2D eigenvalue weighted by atomic mass is 10.1. The number of nitrogens with zero attached hydrogens (tertiary/aromatic N) is 2. The maximum absolute atomic E-state index is 12.4. The van der Waals surface area contributed by atoms with Crippen LogP contribution in [-0.2, 0) is 11.3 Å². The van der Waals surface area contributed by atoms with Crippen molar-refractivity contribution in [2.45, 2.75) is 25.4 Å². The quantitative estimate of drug-likeness (QED) is 0.731. The van der Waals surface area contributed by atoms with Gasteiger partial charge in [-0.1, -0.05) is 23.2 Å². The number of likely N-dealkylation sites (N-methyl/N-ethyl adjacent to an activating group) is 1. The molecule has 0 radical (unpaired) electrons. The van der Waals surface area contributed by atoms with Gasteiger partial charge in [-0.3, -0.25) is 9.69 Å². The summed E-state index contributed by atoms with van der Waals surface area (Å²) in [5, 5.41) is 1.17. The highest BCUT2D eigenvalue weighted by molar-refractivity contribution is 6.37. The van der Waals surface area contributed by atoms with Crippen molar-refractivity contribution in [3.05, 3.63) is 27.7 Å². The average Bonchev–Trinajstić information content (AvgIpc) is 2.71. The predicted octanol–water partition coefficient (Wildman–Crippen LogP) is 2.93. The zero-order valence-electron chi connectivity index (χ0n) is 10.1. The Morgan fingerprint density at radius 2 is 2.11 bits per heavy atom. The summed E-state index contributed by atoms with van der Waals surface area (Å²) in [6.07, 6.45) is 2.01. The molecule has 0 aromatic heterocycles. The third-order valence-electron chi connectivity index (χ3n) is 3.80. The molecule has 0 bridgehead atoms. The lowest BCUT2D eigenvalue weighted by Gasteiger charge is -2.22. The first kappa shape index (κ1) is 12.3. The highest BCUT2D eigenvalue weighted by Crippen LogP contribution is 2.38. The summed E-state index contributed by atoms with van der Waals surface area (Å²) < 4.78 is 0. The van der Waals surface area contributed by atoms with Crippen molar-refractivity contribution in [3.8, 4) is 0 Å². The van der Waals surface area contributed by atoms with E-state index in [0.717, 1.165) is 37.2 Å². The topological polar surface area (TPSA) is 23.6 Å². The van der Waals surface area contributed by atoms with Crippen LogP contribution in [-0.4, -0.2) is 30.4 Å². The van der Waals surface area contributed by atoms with Gasteiger partial charge in [0.05, 0.1) is 16.8 Å². The lowest BCUT2D eigenvalue weighted by Crippen LogP contribution is -2.41. The van der Waals surface area contributed by atoms with Crippen LogP contribution in [0.2, 0.25) is 10.0 Å². The van der Waals surface area contributed by atoms with Crippen molar-refractivity contribution >= 4 is 34.8 Å². The number of amides is 1. The molecule has 0 N–H and O–H groups in total. The summed E-state index contributed by atoms with van der Waals surface area (Å²) in [5.41, 5.74) is 1.84. The summed E-state index contributed by atoms with van der Waals surface area (Å²) >= 11 is 12.3. The third-order valence-corrected chi connectivity index (χ3v) is 4.30. The molecular formula is C13H14Cl2N2O. The van der Waals surface area contributed by atoms with Crippen LogP contribution in [0.25, 0.3) is 0 Å². The fourth-order valence-corrected chi connectivity index (χ4v) is 3.63. The summed E-state index contributed by atoms with van der Waals surface area (Å²) in [6.45, 7) is 1.71. The number of anilines is 1. The summed E-state index contributed by atoms with van der Waals surface area (Å²) in [4.78, 5) is 16.3. The Bertz CT molecular complexity index is 518. The minimum absolute atomic E-state index is 0.00255. The van der Waals surface area contributed by atoms with E-state index in [1.807, 2.05) is 6.07 Å². The third kappa shape index (κ3) is 1.81. The Balaban J connectivity index is 2.14. The second-order valence-corrected chi connectivity index (χ2v) is 5.76. The molecule has 2 aliphatic rings. The molecule has 1 aromatic rings. The molecule has 1 unspecified atom stereocenters. The van der Waals surface area contributed by atoms with E-state index in [4.69, 9.17) is 23.2 Å². The Hall–Kier alpha value is -0.770. The standard InChI is InChI=1S/C13H14Cl2N2O/c1-16-12-8(5-9(14)6-10(12)15)7-17-4-2-3-11(17)13(16)18/h5-6,11H,2-4,7H2,1H3. The first-order chi connectivity index (χ1) is 8.58. The fourth-order valence-electron chi connectivity index (χ4n) is 2.96. The summed E-state index contributed by atoms with van der Waals surface area (Å²) in [5.74, 6) is 0.135. The van der Waals surface area contributed by atoms with Crippen molar-refractivity contribution in [1.82, 2.24) is 4.90 Å². The Morgan fingerprint density at radius 3 is 2.89 bits per heavy atom. The minimum Gasteiger partial charge on any atom is -0.312 e. The van der Waals surface area contributed by atoms with Gasteiger partial charge in [-0.05, 0) is 37.1 Å². The number of hydrogen-bond acceptors (Lipinski definition) is 2. The Morgan fingerprint density at radius 1 is 1.33 bits per heavy atom. The molecule has 2 heterocycles. The normalized spacial score (nSPS) is 23.8. The van der Waals surface area contributed by atoms with Gasteiger partial charge in [-0.2, -0.15) is 0 Å². The molecular weight excluding hydrogens is 271 g/mol. The van der Waals surface area contributed by atoms with Gasteiger partial charge in [0.2, 0.25) is 5.91 Å². The van der Waals surface area contributed by atoms with Crippen molar-refractivity contribution in [3.63, 3.8) is 0 Å². The molecule has 0 spiro atoms. The zero-order valence-corrected chi connectivity index (χ0v) is 11.6. The number of carbonyl (C=O) groups excluding carboxylic acids is 1. The van der Waals surface area contributed by atoms with E-state index in [1.165, 1.54) is 0 Å². The zero-order chi connectivity index (χ0) is 12.9. The average molecular weight is 285 g/mol. The van der Waals surface area contributed by atoms with Crippen LogP contribution < -0.4 is 4.90 Å². The van der Waals surface area contributed by atoms with Crippen LogP contribution in [0, 0.1) is 0 Å². The lowest BCUT2D eigenvalue weighted by molar-refractivity contribution is -0.122. The van der Waals surface area contributed by atoms with E-state index in [9.17, 15) is 4.79 Å². The molecule has 0 aliphatic carbocycles. The molecule has 0 saturated carbocycles. The van der Waals surface area contributed by atoms with Gasteiger partial charge in [0.25, 0.3) is 0 Å². The SMILES string of the molecule is CN1C(=O)C2CCCN2Cc2cc(Cl)cc(Cl)c21. The number of rotatable bonds is 0. The van der Waals surface area contributed by atoms with Crippen LogP contribution in [0.5, 0.6) is 0 Å².